The summed E-state index contributed by atoms with van der Waals surface area (Å²) in [4.78, 5) is 38.5. The lowest BCUT2D eigenvalue weighted by Crippen LogP contribution is -2.54. The van der Waals surface area contributed by atoms with Crippen LogP contribution in [-0.4, -0.2) is 31.1 Å². The summed E-state index contributed by atoms with van der Waals surface area (Å²) in [6, 6.07) is 11.1. The summed E-state index contributed by atoms with van der Waals surface area (Å²) < 4.78 is 11.8. The zero-order chi connectivity index (χ0) is 21.0. The maximum Gasteiger partial charge on any atom is 0.335 e. The normalized spacial score (nSPS) is 15.5. The van der Waals surface area contributed by atoms with Crippen LogP contribution in [0.15, 0.2) is 48.0 Å². The number of rotatable bonds is 6. The largest absolute Gasteiger partial charge is 0.494 e. The molecule has 0 unspecified atom stereocenters. The topological polar surface area (TPSA) is 84.9 Å². The van der Waals surface area contributed by atoms with Crippen molar-refractivity contribution in [2.45, 2.75) is 13.8 Å². The zero-order valence-corrected chi connectivity index (χ0v) is 18.1. The minimum atomic E-state index is -0.793. The molecule has 3 rings (SSSR count). The predicted molar refractivity (Wildman–Crippen MR) is 117 cm³/mol. The Hall–Kier alpha value is -2.88. The van der Waals surface area contributed by atoms with E-state index in [9.17, 15) is 14.4 Å². The Morgan fingerprint density at radius 2 is 1.62 bits per heavy atom. The number of barbiturate groups is 1. The van der Waals surface area contributed by atoms with E-state index in [2.05, 4.69) is 27.9 Å². The number of halogens is 1. The molecule has 29 heavy (non-hydrogen) atoms. The van der Waals surface area contributed by atoms with Gasteiger partial charge in [-0.05, 0) is 90.5 Å². The summed E-state index contributed by atoms with van der Waals surface area (Å²) in [6.45, 7) is 4.73. The van der Waals surface area contributed by atoms with Gasteiger partial charge in [-0.3, -0.25) is 14.9 Å². The molecule has 1 fully saturated rings. The summed E-state index contributed by atoms with van der Waals surface area (Å²) in [5.74, 6) is -0.177. The lowest BCUT2D eigenvalue weighted by atomic mass is 10.1. The smallest absolute Gasteiger partial charge is 0.335 e. The molecular formula is C21H19IN2O5. The highest BCUT2D eigenvalue weighted by atomic mass is 127. The molecule has 2 aromatic carbocycles. The first-order valence-electron chi connectivity index (χ1n) is 9.00. The van der Waals surface area contributed by atoms with Crippen molar-refractivity contribution in [3.63, 3.8) is 0 Å². The van der Waals surface area contributed by atoms with Gasteiger partial charge in [-0.1, -0.05) is 0 Å². The number of hydrogen-bond donors (Lipinski definition) is 1. The molecule has 0 atom stereocenters. The summed E-state index contributed by atoms with van der Waals surface area (Å²) >= 11 is 2.13. The molecule has 0 aliphatic carbocycles. The molecule has 7 nitrogen and oxygen atoms in total. The summed E-state index contributed by atoms with van der Waals surface area (Å²) in [7, 11) is 0. The van der Waals surface area contributed by atoms with Crippen molar-refractivity contribution in [3.05, 3.63) is 57.2 Å². The SMILES string of the molecule is CCOc1ccc(N2C(=O)NC(=O)/C(=C\c3cc(I)cc(OCC)c3)C2=O)cc1. The molecule has 1 heterocycles. The van der Waals surface area contributed by atoms with Crippen LogP contribution in [0.1, 0.15) is 19.4 Å². The molecule has 4 amide bonds. The van der Waals surface area contributed by atoms with Gasteiger partial charge in [0.2, 0.25) is 0 Å². The van der Waals surface area contributed by atoms with E-state index in [0.717, 1.165) is 8.47 Å². The Morgan fingerprint density at radius 3 is 2.28 bits per heavy atom. The van der Waals surface area contributed by atoms with Crippen molar-refractivity contribution in [2.24, 2.45) is 0 Å². The van der Waals surface area contributed by atoms with Crippen LogP contribution >= 0.6 is 22.6 Å². The minimum Gasteiger partial charge on any atom is -0.494 e. The standard InChI is InChI=1S/C21H19IN2O5/c1-3-28-16-7-5-15(6-8-16)24-20(26)18(19(25)23-21(24)27)11-13-9-14(22)12-17(10-13)29-4-2/h5-12H,3-4H2,1-2H3,(H,23,25,27)/b18-11+. The maximum absolute atomic E-state index is 13.0. The Morgan fingerprint density at radius 1 is 0.966 bits per heavy atom. The Balaban J connectivity index is 1.95. The maximum atomic E-state index is 13.0. The number of urea groups is 1. The second kappa shape index (κ2) is 9.08. The average molecular weight is 506 g/mol. The first-order chi connectivity index (χ1) is 13.9. The van der Waals surface area contributed by atoms with Gasteiger partial charge in [0.05, 0.1) is 18.9 Å². The van der Waals surface area contributed by atoms with Crippen LogP contribution in [0.3, 0.4) is 0 Å². The van der Waals surface area contributed by atoms with Gasteiger partial charge in [-0.15, -0.1) is 0 Å². The van der Waals surface area contributed by atoms with Gasteiger partial charge in [-0.25, -0.2) is 9.69 Å². The molecule has 8 heteroatoms. The van der Waals surface area contributed by atoms with Crippen molar-refractivity contribution in [3.8, 4) is 11.5 Å². The molecule has 0 bridgehead atoms. The van der Waals surface area contributed by atoms with Crippen molar-refractivity contribution in [2.75, 3.05) is 18.1 Å². The molecule has 0 aromatic heterocycles. The summed E-state index contributed by atoms with van der Waals surface area (Å²) in [6.07, 6.45) is 1.45. The highest BCUT2D eigenvalue weighted by Crippen LogP contribution is 2.26. The number of amides is 4. The molecule has 0 spiro atoms. The van der Waals surface area contributed by atoms with Crippen LogP contribution in [0, 0.1) is 3.57 Å². The number of imide groups is 2. The number of carbonyl (C=O) groups is 3. The minimum absolute atomic E-state index is 0.136. The van der Waals surface area contributed by atoms with E-state index in [4.69, 9.17) is 9.47 Å². The van der Waals surface area contributed by atoms with Gasteiger partial charge < -0.3 is 9.47 Å². The van der Waals surface area contributed by atoms with Crippen LogP contribution in [0.4, 0.5) is 10.5 Å². The Labute approximate surface area is 181 Å². The highest BCUT2D eigenvalue weighted by Gasteiger charge is 2.36. The molecule has 1 N–H and O–H groups in total. The predicted octanol–water partition coefficient (Wildman–Crippen LogP) is 3.76. The van der Waals surface area contributed by atoms with Gasteiger partial charge in [-0.2, -0.15) is 0 Å². The molecule has 150 valence electrons. The number of benzene rings is 2. The third-order valence-corrected chi connectivity index (χ3v) is 4.65. The monoisotopic (exact) mass is 506 g/mol. The molecule has 1 saturated heterocycles. The molecule has 1 aliphatic heterocycles. The van der Waals surface area contributed by atoms with Crippen molar-refractivity contribution in [1.82, 2.24) is 5.32 Å². The van der Waals surface area contributed by atoms with E-state index in [1.165, 1.54) is 6.08 Å². The quantitative estimate of drug-likeness (QED) is 0.367. The first kappa shape index (κ1) is 20.8. The van der Waals surface area contributed by atoms with Gasteiger partial charge in [0.25, 0.3) is 11.8 Å². The van der Waals surface area contributed by atoms with E-state index >= 15 is 0 Å². The van der Waals surface area contributed by atoms with Crippen molar-refractivity contribution < 1.29 is 23.9 Å². The number of carbonyl (C=O) groups excluding carboxylic acids is 3. The van der Waals surface area contributed by atoms with Gasteiger partial charge in [0.15, 0.2) is 0 Å². The number of nitrogens with one attached hydrogen (secondary N) is 1. The first-order valence-corrected chi connectivity index (χ1v) is 10.1. The third-order valence-electron chi connectivity index (χ3n) is 4.02. The van der Waals surface area contributed by atoms with Crippen LogP contribution < -0.4 is 19.7 Å². The molecule has 2 aromatic rings. The zero-order valence-electron chi connectivity index (χ0n) is 15.9. The summed E-state index contributed by atoms with van der Waals surface area (Å²) in [5.41, 5.74) is 0.828. The van der Waals surface area contributed by atoms with E-state index < -0.39 is 17.8 Å². The van der Waals surface area contributed by atoms with Gasteiger partial charge >= 0.3 is 6.03 Å². The van der Waals surface area contributed by atoms with Gasteiger partial charge in [0.1, 0.15) is 17.1 Å². The van der Waals surface area contributed by atoms with E-state index in [-0.39, 0.29) is 5.57 Å². The van der Waals surface area contributed by atoms with E-state index in [1.807, 2.05) is 26.0 Å². The van der Waals surface area contributed by atoms with Crippen LogP contribution in [-0.2, 0) is 9.59 Å². The highest BCUT2D eigenvalue weighted by molar-refractivity contribution is 14.1. The van der Waals surface area contributed by atoms with Gasteiger partial charge in [0, 0.05) is 3.57 Å². The fourth-order valence-corrected chi connectivity index (χ4v) is 3.50. The average Bonchev–Trinajstić information content (AvgIpc) is 2.66. The van der Waals surface area contributed by atoms with Crippen LogP contribution in [0.25, 0.3) is 6.08 Å². The second-order valence-corrected chi connectivity index (χ2v) is 7.28. The fraction of sp³-hybridized carbons (Fsp3) is 0.190. The third kappa shape index (κ3) is 4.76. The number of ether oxygens (including phenoxy) is 2. The number of anilines is 1. The molecule has 0 saturated carbocycles. The molecule has 1 aliphatic rings. The second-order valence-electron chi connectivity index (χ2n) is 6.04. The molecule has 0 radical (unpaired) electrons. The Bertz CT molecular complexity index is 985. The number of nitrogens with zero attached hydrogens (tertiary/aromatic N) is 1. The fourth-order valence-electron chi connectivity index (χ4n) is 2.83. The van der Waals surface area contributed by atoms with E-state index in [0.29, 0.717) is 36.0 Å². The Kier molecular flexibility index (Phi) is 6.53. The molecular weight excluding hydrogens is 487 g/mol. The van der Waals surface area contributed by atoms with E-state index in [1.54, 1.807) is 30.3 Å². The number of hydrogen-bond acceptors (Lipinski definition) is 5. The lowest BCUT2D eigenvalue weighted by Gasteiger charge is -2.26. The van der Waals surface area contributed by atoms with Crippen molar-refractivity contribution in [1.29, 1.82) is 0 Å². The van der Waals surface area contributed by atoms with Crippen LogP contribution in [0.2, 0.25) is 0 Å². The van der Waals surface area contributed by atoms with Crippen molar-refractivity contribution >= 4 is 52.2 Å². The van der Waals surface area contributed by atoms with Crippen LogP contribution in [0.5, 0.6) is 11.5 Å². The lowest BCUT2D eigenvalue weighted by molar-refractivity contribution is -0.122. The summed E-state index contributed by atoms with van der Waals surface area (Å²) in [5, 5.41) is 2.22.